The van der Waals surface area contributed by atoms with E-state index < -0.39 is 0 Å². The summed E-state index contributed by atoms with van der Waals surface area (Å²) in [5.74, 6) is 1.89. The standard InChI is InChI=1S/C17H20N4O/c1-13-6-7-15(22-2)14(11-13)12-18-9-8-17-20-19-16-5-3-4-10-21(16)17/h3-7,10-11,18H,8-9,12H2,1-2H3. The van der Waals surface area contributed by atoms with Crippen LogP contribution in [0.5, 0.6) is 5.75 Å². The van der Waals surface area contributed by atoms with Crippen LogP contribution in [0.25, 0.3) is 5.65 Å². The van der Waals surface area contributed by atoms with Gasteiger partial charge in [0, 0.05) is 31.3 Å². The van der Waals surface area contributed by atoms with Gasteiger partial charge in [-0.3, -0.25) is 4.40 Å². The van der Waals surface area contributed by atoms with Crippen LogP contribution in [0.15, 0.2) is 42.6 Å². The molecule has 1 N–H and O–H groups in total. The maximum Gasteiger partial charge on any atom is 0.160 e. The minimum atomic E-state index is 0.779. The van der Waals surface area contributed by atoms with E-state index >= 15 is 0 Å². The average Bonchev–Trinajstić information content (AvgIpc) is 2.95. The first-order chi connectivity index (χ1) is 10.8. The predicted octanol–water partition coefficient (Wildman–Crippen LogP) is 2.38. The third kappa shape index (κ3) is 3.09. The number of nitrogens with zero attached hydrogens (tertiary/aromatic N) is 3. The van der Waals surface area contributed by atoms with Gasteiger partial charge in [-0.25, -0.2) is 0 Å². The van der Waals surface area contributed by atoms with Crippen LogP contribution in [0.1, 0.15) is 17.0 Å². The number of ether oxygens (including phenoxy) is 1. The Labute approximate surface area is 130 Å². The fourth-order valence-electron chi connectivity index (χ4n) is 2.53. The number of pyridine rings is 1. The molecule has 2 heterocycles. The normalized spacial score (nSPS) is 11.0. The zero-order valence-electron chi connectivity index (χ0n) is 12.9. The molecule has 114 valence electrons. The molecular weight excluding hydrogens is 276 g/mol. The van der Waals surface area contributed by atoms with Gasteiger partial charge < -0.3 is 10.1 Å². The van der Waals surface area contributed by atoms with E-state index in [2.05, 4.69) is 34.6 Å². The monoisotopic (exact) mass is 296 g/mol. The fraction of sp³-hybridized carbons (Fsp3) is 0.294. The molecule has 0 atom stereocenters. The number of hydrogen-bond donors (Lipinski definition) is 1. The topological polar surface area (TPSA) is 51.5 Å². The van der Waals surface area contributed by atoms with Gasteiger partial charge in [-0.2, -0.15) is 0 Å². The second-order valence-corrected chi connectivity index (χ2v) is 5.29. The minimum absolute atomic E-state index is 0.779. The van der Waals surface area contributed by atoms with Crippen molar-refractivity contribution in [3.63, 3.8) is 0 Å². The van der Waals surface area contributed by atoms with Gasteiger partial charge in [-0.1, -0.05) is 23.8 Å². The third-order valence-corrected chi connectivity index (χ3v) is 3.66. The van der Waals surface area contributed by atoms with Crippen LogP contribution in [0.4, 0.5) is 0 Å². The molecule has 22 heavy (non-hydrogen) atoms. The number of benzene rings is 1. The number of rotatable bonds is 6. The van der Waals surface area contributed by atoms with Gasteiger partial charge in [0.1, 0.15) is 11.6 Å². The molecule has 3 aromatic rings. The van der Waals surface area contributed by atoms with Crippen LogP contribution in [0.2, 0.25) is 0 Å². The first kappa shape index (κ1) is 14.5. The van der Waals surface area contributed by atoms with Crippen molar-refractivity contribution in [2.75, 3.05) is 13.7 Å². The molecule has 0 aliphatic carbocycles. The van der Waals surface area contributed by atoms with Gasteiger partial charge in [0.2, 0.25) is 0 Å². The molecule has 0 fully saturated rings. The molecule has 0 unspecified atom stereocenters. The summed E-state index contributed by atoms with van der Waals surface area (Å²) in [7, 11) is 1.70. The highest BCUT2D eigenvalue weighted by Gasteiger charge is 2.05. The van der Waals surface area contributed by atoms with Crippen LogP contribution in [0.3, 0.4) is 0 Å². The number of nitrogens with one attached hydrogen (secondary N) is 1. The molecule has 0 bridgehead atoms. The van der Waals surface area contributed by atoms with Crippen LogP contribution >= 0.6 is 0 Å². The molecule has 0 aliphatic rings. The zero-order chi connectivity index (χ0) is 15.4. The number of methoxy groups -OCH3 is 1. The van der Waals surface area contributed by atoms with E-state index in [0.717, 1.165) is 36.7 Å². The van der Waals surface area contributed by atoms with Crippen molar-refractivity contribution in [2.24, 2.45) is 0 Å². The molecule has 5 nitrogen and oxygen atoms in total. The molecule has 0 spiro atoms. The highest BCUT2D eigenvalue weighted by Crippen LogP contribution is 2.19. The van der Waals surface area contributed by atoms with E-state index in [4.69, 9.17) is 4.74 Å². The van der Waals surface area contributed by atoms with Crippen molar-refractivity contribution < 1.29 is 4.74 Å². The summed E-state index contributed by atoms with van der Waals surface area (Å²) >= 11 is 0. The molecule has 0 saturated carbocycles. The lowest BCUT2D eigenvalue weighted by Crippen LogP contribution is -2.18. The van der Waals surface area contributed by atoms with Crippen molar-refractivity contribution >= 4 is 5.65 Å². The number of aryl methyl sites for hydroxylation is 1. The quantitative estimate of drug-likeness (QED) is 0.710. The summed E-state index contributed by atoms with van der Waals surface area (Å²) in [5, 5.41) is 11.8. The SMILES string of the molecule is COc1ccc(C)cc1CNCCc1nnc2ccccn12. The molecule has 0 amide bonds. The van der Waals surface area contributed by atoms with Crippen molar-refractivity contribution in [2.45, 2.75) is 19.9 Å². The summed E-state index contributed by atoms with van der Waals surface area (Å²) in [5.41, 5.74) is 3.30. The summed E-state index contributed by atoms with van der Waals surface area (Å²) in [6.07, 6.45) is 2.83. The highest BCUT2D eigenvalue weighted by molar-refractivity contribution is 5.37. The van der Waals surface area contributed by atoms with Crippen molar-refractivity contribution in [1.29, 1.82) is 0 Å². The second-order valence-electron chi connectivity index (χ2n) is 5.29. The molecular formula is C17H20N4O. The van der Waals surface area contributed by atoms with Gasteiger partial charge in [0.05, 0.1) is 7.11 Å². The van der Waals surface area contributed by atoms with Gasteiger partial charge in [-0.05, 0) is 25.1 Å². The number of hydrogen-bond acceptors (Lipinski definition) is 4. The van der Waals surface area contributed by atoms with Gasteiger partial charge >= 0.3 is 0 Å². The smallest absolute Gasteiger partial charge is 0.160 e. The molecule has 0 aliphatic heterocycles. The number of fused-ring (bicyclic) bond motifs is 1. The van der Waals surface area contributed by atoms with E-state index in [-0.39, 0.29) is 0 Å². The minimum Gasteiger partial charge on any atom is -0.496 e. The van der Waals surface area contributed by atoms with Crippen molar-refractivity contribution in [3.05, 3.63) is 59.5 Å². The van der Waals surface area contributed by atoms with Gasteiger partial charge in [0.25, 0.3) is 0 Å². The highest BCUT2D eigenvalue weighted by atomic mass is 16.5. The van der Waals surface area contributed by atoms with E-state index in [1.54, 1.807) is 7.11 Å². The Hall–Kier alpha value is -2.40. The maximum atomic E-state index is 5.39. The molecule has 0 radical (unpaired) electrons. The van der Waals surface area contributed by atoms with Gasteiger partial charge in [-0.15, -0.1) is 10.2 Å². The Morgan fingerprint density at radius 1 is 1.18 bits per heavy atom. The Bertz CT molecular complexity index is 766. The Morgan fingerprint density at radius 2 is 2.09 bits per heavy atom. The largest absolute Gasteiger partial charge is 0.496 e. The van der Waals surface area contributed by atoms with Crippen LogP contribution in [-0.2, 0) is 13.0 Å². The van der Waals surface area contributed by atoms with E-state index in [1.807, 2.05) is 34.9 Å². The third-order valence-electron chi connectivity index (χ3n) is 3.66. The average molecular weight is 296 g/mol. The lowest BCUT2D eigenvalue weighted by Gasteiger charge is -2.10. The second kappa shape index (κ2) is 6.58. The summed E-state index contributed by atoms with van der Waals surface area (Å²) in [6, 6.07) is 12.1. The molecule has 0 saturated heterocycles. The van der Waals surface area contributed by atoms with E-state index in [9.17, 15) is 0 Å². The van der Waals surface area contributed by atoms with Crippen LogP contribution in [-0.4, -0.2) is 28.3 Å². The van der Waals surface area contributed by atoms with Gasteiger partial charge in [0.15, 0.2) is 5.65 Å². The molecule has 1 aromatic carbocycles. The van der Waals surface area contributed by atoms with Crippen molar-refractivity contribution in [3.8, 4) is 5.75 Å². The lowest BCUT2D eigenvalue weighted by atomic mass is 10.1. The lowest BCUT2D eigenvalue weighted by molar-refractivity contribution is 0.407. The summed E-state index contributed by atoms with van der Waals surface area (Å²) in [4.78, 5) is 0. The van der Waals surface area contributed by atoms with Crippen LogP contribution in [0, 0.1) is 6.92 Å². The Morgan fingerprint density at radius 3 is 2.95 bits per heavy atom. The molecule has 3 rings (SSSR count). The van der Waals surface area contributed by atoms with Crippen LogP contribution < -0.4 is 10.1 Å². The first-order valence-corrected chi connectivity index (χ1v) is 7.41. The first-order valence-electron chi connectivity index (χ1n) is 7.41. The summed E-state index contributed by atoms with van der Waals surface area (Å²) in [6.45, 7) is 3.71. The Kier molecular flexibility index (Phi) is 4.34. The Balaban J connectivity index is 1.59. The predicted molar refractivity (Wildman–Crippen MR) is 86.1 cm³/mol. The zero-order valence-corrected chi connectivity index (χ0v) is 12.9. The molecule has 5 heteroatoms. The molecule has 2 aromatic heterocycles. The summed E-state index contributed by atoms with van der Waals surface area (Å²) < 4.78 is 7.42. The number of aromatic nitrogens is 3. The van der Waals surface area contributed by atoms with Crippen molar-refractivity contribution in [1.82, 2.24) is 19.9 Å². The van der Waals surface area contributed by atoms with E-state index in [0.29, 0.717) is 0 Å². The maximum absolute atomic E-state index is 5.39. The van der Waals surface area contributed by atoms with E-state index in [1.165, 1.54) is 11.1 Å². The fourth-order valence-corrected chi connectivity index (χ4v) is 2.53.